The molecule has 2 N–H and O–H groups in total. The number of rotatable bonds is 2. The van der Waals surface area contributed by atoms with Crippen LogP contribution in [0.2, 0.25) is 0 Å². The molecule has 3 rings (SSSR count). The van der Waals surface area contributed by atoms with Crippen molar-refractivity contribution in [3.8, 4) is 16.9 Å². The Hall–Kier alpha value is -2.01. The van der Waals surface area contributed by atoms with Gasteiger partial charge < -0.3 is 10.5 Å². The summed E-state index contributed by atoms with van der Waals surface area (Å²) in [5.41, 5.74) is 6.51. The van der Waals surface area contributed by atoms with E-state index in [9.17, 15) is 13.2 Å². The van der Waals surface area contributed by atoms with Crippen molar-refractivity contribution in [2.24, 2.45) is 5.73 Å². The molecule has 1 unspecified atom stereocenters. The minimum Gasteiger partial charge on any atom is -0.488 e. The summed E-state index contributed by atoms with van der Waals surface area (Å²) in [6.45, 7) is 0.342. The molecule has 0 bridgehead atoms. The number of halogens is 3. The van der Waals surface area contributed by atoms with Crippen molar-refractivity contribution in [1.82, 2.24) is 0 Å². The third-order valence-corrected chi connectivity index (χ3v) is 3.64. The Morgan fingerprint density at radius 2 is 1.76 bits per heavy atom. The van der Waals surface area contributed by atoms with E-state index in [2.05, 4.69) is 0 Å². The highest BCUT2D eigenvalue weighted by atomic mass is 19.4. The quantitative estimate of drug-likeness (QED) is 0.917. The van der Waals surface area contributed by atoms with Gasteiger partial charge in [0.1, 0.15) is 11.9 Å². The molecule has 0 radical (unpaired) electrons. The molecule has 1 aliphatic rings. The van der Waals surface area contributed by atoms with Gasteiger partial charge in [-0.25, -0.2) is 0 Å². The Morgan fingerprint density at radius 3 is 2.48 bits per heavy atom. The highest BCUT2D eigenvalue weighted by molar-refractivity contribution is 5.74. The maximum absolute atomic E-state index is 13.2. The molecule has 2 aromatic rings. The molecule has 21 heavy (non-hydrogen) atoms. The molecule has 2 nitrogen and oxygen atoms in total. The molecule has 1 atom stereocenters. The van der Waals surface area contributed by atoms with Crippen molar-refractivity contribution in [2.75, 3.05) is 6.54 Å². The first kappa shape index (κ1) is 13.9. The van der Waals surface area contributed by atoms with Gasteiger partial charge in [-0.2, -0.15) is 13.2 Å². The van der Waals surface area contributed by atoms with Crippen molar-refractivity contribution < 1.29 is 17.9 Å². The van der Waals surface area contributed by atoms with Crippen LogP contribution in [0.25, 0.3) is 11.1 Å². The first-order valence-electron chi connectivity index (χ1n) is 6.66. The molecule has 1 heterocycles. The zero-order chi connectivity index (χ0) is 15.0. The van der Waals surface area contributed by atoms with Gasteiger partial charge in [-0.15, -0.1) is 0 Å². The van der Waals surface area contributed by atoms with E-state index in [0.717, 1.165) is 11.6 Å². The van der Waals surface area contributed by atoms with Crippen molar-refractivity contribution >= 4 is 0 Å². The number of hydrogen-bond donors (Lipinski definition) is 1. The van der Waals surface area contributed by atoms with Gasteiger partial charge in [0.25, 0.3) is 0 Å². The van der Waals surface area contributed by atoms with Crippen molar-refractivity contribution in [3.05, 3.63) is 53.6 Å². The molecule has 0 fully saturated rings. The minimum absolute atomic E-state index is 0.167. The molecule has 0 amide bonds. The fraction of sp³-hybridized carbons (Fsp3) is 0.250. The van der Waals surface area contributed by atoms with E-state index in [4.69, 9.17) is 10.5 Å². The predicted molar refractivity (Wildman–Crippen MR) is 74.1 cm³/mol. The number of benzene rings is 2. The average molecular weight is 293 g/mol. The number of nitrogens with two attached hydrogens (primary N) is 1. The summed E-state index contributed by atoms with van der Waals surface area (Å²) in [6.07, 6.45) is -4.01. The highest BCUT2D eigenvalue weighted by Gasteiger charge is 2.34. The summed E-state index contributed by atoms with van der Waals surface area (Å²) in [7, 11) is 0. The molecule has 0 saturated carbocycles. The van der Waals surface area contributed by atoms with Gasteiger partial charge in [0.15, 0.2) is 0 Å². The number of ether oxygens (including phenoxy) is 1. The predicted octanol–water partition coefficient (Wildman–Crippen LogP) is 3.63. The molecular formula is C16H14F3NO. The maximum Gasteiger partial charge on any atom is 0.417 e. The van der Waals surface area contributed by atoms with Crippen molar-refractivity contribution in [2.45, 2.75) is 18.7 Å². The van der Waals surface area contributed by atoms with E-state index >= 15 is 0 Å². The minimum atomic E-state index is -4.38. The van der Waals surface area contributed by atoms with E-state index in [0.29, 0.717) is 24.3 Å². The Kier molecular flexibility index (Phi) is 3.37. The molecular weight excluding hydrogens is 279 g/mol. The molecule has 2 aromatic carbocycles. The van der Waals surface area contributed by atoms with Crippen LogP contribution in [0.5, 0.6) is 5.75 Å². The zero-order valence-electron chi connectivity index (χ0n) is 11.2. The van der Waals surface area contributed by atoms with Crippen LogP contribution in [-0.2, 0) is 12.6 Å². The van der Waals surface area contributed by atoms with E-state index in [1.165, 1.54) is 12.1 Å². The van der Waals surface area contributed by atoms with Crippen molar-refractivity contribution in [3.63, 3.8) is 0 Å². The van der Waals surface area contributed by atoms with Gasteiger partial charge in [-0.1, -0.05) is 30.3 Å². The lowest BCUT2D eigenvalue weighted by molar-refractivity contribution is -0.137. The van der Waals surface area contributed by atoms with Gasteiger partial charge in [0.2, 0.25) is 0 Å². The summed E-state index contributed by atoms with van der Waals surface area (Å²) in [4.78, 5) is 0. The summed E-state index contributed by atoms with van der Waals surface area (Å²) in [5, 5.41) is 0. The number of fused-ring (bicyclic) bond motifs is 1. The van der Waals surface area contributed by atoms with Crippen LogP contribution in [0, 0.1) is 0 Å². The van der Waals surface area contributed by atoms with Crippen LogP contribution in [0.1, 0.15) is 11.1 Å². The monoisotopic (exact) mass is 293 g/mol. The number of hydrogen-bond acceptors (Lipinski definition) is 2. The summed E-state index contributed by atoms with van der Waals surface area (Å²) in [6, 6.07) is 10.8. The average Bonchev–Trinajstić information content (AvgIpc) is 2.89. The van der Waals surface area contributed by atoms with E-state index in [-0.39, 0.29) is 11.7 Å². The zero-order valence-corrected chi connectivity index (χ0v) is 11.2. The number of alkyl halides is 3. The van der Waals surface area contributed by atoms with Crippen LogP contribution in [0.4, 0.5) is 13.2 Å². The molecule has 0 saturated heterocycles. The fourth-order valence-electron chi connectivity index (χ4n) is 2.68. The topological polar surface area (TPSA) is 35.2 Å². The fourth-order valence-corrected chi connectivity index (χ4v) is 2.68. The third kappa shape index (κ3) is 2.49. The Balaban J connectivity index is 2.14. The molecule has 5 heteroatoms. The lowest BCUT2D eigenvalue weighted by Gasteiger charge is -2.14. The first-order valence-corrected chi connectivity index (χ1v) is 6.66. The first-order chi connectivity index (χ1) is 10.0. The second-order valence-corrected chi connectivity index (χ2v) is 5.01. The van der Waals surface area contributed by atoms with Crippen LogP contribution >= 0.6 is 0 Å². The van der Waals surface area contributed by atoms with Gasteiger partial charge in [0, 0.05) is 18.5 Å². The summed E-state index contributed by atoms with van der Waals surface area (Å²) in [5.74, 6) is 0.625. The highest BCUT2D eigenvalue weighted by Crippen LogP contribution is 2.42. The van der Waals surface area contributed by atoms with Crippen LogP contribution in [0.15, 0.2) is 42.5 Å². The molecule has 1 aliphatic heterocycles. The summed E-state index contributed by atoms with van der Waals surface area (Å²) >= 11 is 0. The van der Waals surface area contributed by atoms with E-state index in [1.807, 2.05) is 0 Å². The Labute approximate surface area is 120 Å². The van der Waals surface area contributed by atoms with Crippen LogP contribution < -0.4 is 10.5 Å². The van der Waals surface area contributed by atoms with E-state index < -0.39 is 11.7 Å². The molecule has 0 spiro atoms. The normalized spacial score (nSPS) is 17.4. The lowest BCUT2D eigenvalue weighted by Crippen LogP contribution is -2.24. The molecule has 0 aromatic heterocycles. The van der Waals surface area contributed by atoms with Gasteiger partial charge in [-0.05, 0) is 23.3 Å². The third-order valence-electron chi connectivity index (χ3n) is 3.64. The second kappa shape index (κ2) is 5.07. The second-order valence-electron chi connectivity index (χ2n) is 5.01. The smallest absolute Gasteiger partial charge is 0.417 e. The maximum atomic E-state index is 13.2. The van der Waals surface area contributed by atoms with Crippen molar-refractivity contribution in [1.29, 1.82) is 0 Å². The SMILES string of the molecule is NCC1Cc2c(cccc2-c2ccccc2C(F)(F)F)O1. The van der Waals surface area contributed by atoms with Gasteiger partial charge in [0.05, 0.1) is 5.56 Å². The summed E-state index contributed by atoms with van der Waals surface area (Å²) < 4.78 is 45.2. The molecule has 110 valence electrons. The lowest BCUT2D eigenvalue weighted by atomic mass is 9.93. The van der Waals surface area contributed by atoms with Gasteiger partial charge >= 0.3 is 6.18 Å². The standard InChI is InChI=1S/C16H14F3NO/c17-16(18,19)14-6-2-1-4-12(14)11-5-3-7-15-13(11)8-10(9-20)21-15/h1-7,10H,8-9,20H2. The van der Waals surface area contributed by atoms with Crippen LogP contribution in [0.3, 0.4) is 0 Å². The Bertz CT molecular complexity index is 667. The van der Waals surface area contributed by atoms with E-state index in [1.54, 1.807) is 24.3 Å². The van der Waals surface area contributed by atoms with Crippen LogP contribution in [-0.4, -0.2) is 12.6 Å². The largest absolute Gasteiger partial charge is 0.488 e. The Morgan fingerprint density at radius 1 is 1.05 bits per heavy atom. The van der Waals surface area contributed by atoms with Gasteiger partial charge in [-0.3, -0.25) is 0 Å². The molecule has 0 aliphatic carbocycles.